The summed E-state index contributed by atoms with van der Waals surface area (Å²) in [5.41, 5.74) is 3.82. The lowest BCUT2D eigenvalue weighted by atomic mass is 10.2. The van der Waals surface area contributed by atoms with Gasteiger partial charge in [-0.2, -0.15) is 5.10 Å². The molecule has 2 N–H and O–H groups in total. The fourth-order valence-electron chi connectivity index (χ4n) is 3.04. The monoisotopic (exact) mass is 532 g/mol. The fourth-order valence-corrected chi connectivity index (χ4v) is 4.12. The molecule has 0 saturated heterocycles. The van der Waals surface area contributed by atoms with Gasteiger partial charge in [-0.15, -0.1) is 0 Å². The second kappa shape index (κ2) is 12.2. The Balaban J connectivity index is 1.49. The number of nitrogens with one attached hydrogen (secondary N) is 2. The van der Waals surface area contributed by atoms with Crippen LogP contribution in [0.1, 0.15) is 16.9 Å². The molecule has 2 aromatic carbocycles. The molecule has 1 heterocycles. The quantitative estimate of drug-likeness (QED) is 0.288. The zero-order valence-corrected chi connectivity index (χ0v) is 21.2. The number of carbonyl (C=O) groups is 2. The number of hydrogen-bond acceptors (Lipinski definition) is 7. The summed E-state index contributed by atoms with van der Waals surface area (Å²) in [5, 5.41) is 6.94. The molecule has 0 fully saturated rings. The van der Waals surface area contributed by atoms with E-state index in [4.69, 9.17) is 20.8 Å². The number of nitrogens with zero attached hydrogens (tertiary/aromatic N) is 2. The van der Waals surface area contributed by atoms with Gasteiger partial charge < -0.3 is 14.5 Å². The molecule has 12 heteroatoms. The van der Waals surface area contributed by atoms with Crippen molar-refractivity contribution in [1.82, 2.24) is 10.7 Å². The molecule has 0 aliphatic carbocycles. The van der Waals surface area contributed by atoms with E-state index >= 15 is 0 Å². The van der Waals surface area contributed by atoms with E-state index in [1.807, 2.05) is 0 Å². The molecule has 10 nitrogen and oxygen atoms in total. The Labute approximate surface area is 213 Å². The molecular weight excluding hydrogens is 508 g/mol. The lowest BCUT2D eigenvalue weighted by molar-refractivity contribution is -0.123. The molecule has 0 aliphatic heterocycles. The van der Waals surface area contributed by atoms with Crippen LogP contribution >= 0.6 is 11.6 Å². The minimum Gasteiger partial charge on any atom is -0.484 e. The van der Waals surface area contributed by atoms with Crippen LogP contribution in [0.4, 0.5) is 5.69 Å². The summed E-state index contributed by atoms with van der Waals surface area (Å²) in [7, 11) is -3.75. The smallest absolute Gasteiger partial charge is 0.260 e. The molecule has 0 saturated carbocycles. The van der Waals surface area contributed by atoms with E-state index in [0.717, 1.165) is 10.6 Å². The molecular formula is C24H25ClN4O6S. The summed E-state index contributed by atoms with van der Waals surface area (Å²) >= 11 is 6.10. The van der Waals surface area contributed by atoms with Gasteiger partial charge in [0.1, 0.15) is 18.1 Å². The van der Waals surface area contributed by atoms with Crippen LogP contribution in [0.15, 0.2) is 70.4 Å². The predicted octanol–water partition coefficient (Wildman–Crippen LogP) is 2.85. The molecule has 0 unspecified atom stereocenters. The Bertz CT molecular complexity index is 1330. The Kier molecular flexibility index (Phi) is 9.09. The highest BCUT2D eigenvalue weighted by molar-refractivity contribution is 7.92. The number of furan rings is 1. The van der Waals surface area contributed by atoms with Crippen molar-refractivity contribution in [3.63, 3.8) is 0 Å². The highest BCUT2D eigenvalue weighted by atomic mass is 35.5. The molecule has 2 amide bonds. The molecule has 1 aromatic heterocycles. The van der Waals surface area contributed by atoms with Crippen LogP contribution in [0.2, 0.25) is 5.02 Å². The Morgan fingerprint density at radius 2 is 1.86 bits per heavy atom. The Morgan fingerprint density at radius 1 is 1.11 bits per heavy atom. The van der Waals surface area contributed by atoms with Gasteiger partial charge in [0.2, 0.25) is 10.0 Å². The summed E-state index contributed by atoms with van der Waals surface area (Å²) in [6.07, 6.45) is 3.93. The van der Waals surface area contributed by atoms with E-state index in [1.54, 1.807) is 61.5 Å². The van der Waals surface area contributed by atoms with Crippen molar-refractivity contribution in [2.75, 3.05) is 23.7 Å². The summed E-state index contributed by atoms with van der Waals surface area (Å²) in [5.74, 6) is 0.195. The van der Waals surface area contributed by atoms with Gasteiger partial charge >= 0.3 is 0 Å². The van der Waals surface area contributed by atoms with Crippen LogP contribution in [-0.4, -0.2) is 45.9 Å². The van der Waals surface area contributed by atoms with E-state index in [2.05, 4.69) is 15.8 Å². The van der Waals surface area contributed by atoms with Crippen molar-refractivity contribution < 1.29 is 27.2 Å². The van der Waals surface area contributed by atoms with Gasteiger partial charge in [-0.3, -0.25) is 13.9 Å². The highest BCUT2D eigenvalue weighted by Crippen LogP contribution is 2.27. The van der Waals surface area contributed by atoms with E-state index in [0.29, 0.717) is 33.3 Å². The van der Waals surface area contributed by atoms with E-state index < -0.39 is 22.5 Å². The van der Waals surface area contributed by atoms with Crippen LogP contribution in [0.5, 0.6) is 5.75 Å². The topological polar surface area (TPSA) is 130 Å². The number of carbonyl (C=O) groups excluding carboxylic acids is 2. The van der Waals surface area contributed by atoms with E-state index in [-0.39, 0.29) is 19.1 Å². The van der Waals surface area contributed by atoms with Gasteiger partial charge in [0, 0.05) is 5.02 Å². The maximum absolute atomic E-state index is 12.4. The molecule has 0 atom stereocenters. The number of halogens is 1. The summed E-state index contributed by atoms with van der Waals surface area (Å²) in [6, 6.07) is 15.0. The largest absolute Gasteiger partial charge is 0.484 e. The Morgan fingerprint density at radius 3 is 2.53 bits per heavy atom. The normalized spacial score (nSPS) is 11.3. The maximum atomic E-state index is 12.4. The van der Waals surface area contributed by atoms with Gasteiger partial charge in [0.15, 0.2) is 6.61 Å². The van der Waals surface area contributed by atoms with Crippen molar-refractivity contribution >= 4 is 45.3 Å². The second-order valence-corrected chi connectivity index (χ2v) is 9.97. The molecule has 3 aromatic rings. The standard InChI is InChI=1S/C24H25ClN4O6S/c1-17-21(25)6-3-7-22(17)29(36(2,32)33)15-23(30)28-27-13-18-8-10-19(11-9-18)35-16-24(31)26-14-20-5-4-12-34-20/h3-13H,14-16H2,1-2H3,(H,26,31)(H,28,30)/b27-13-. The lowest BCUT2D eigenvalue weighted by Crippen LogP contribution is -2.39. The molecule has 0 radical (unpaired) electrons. The Hall–Kier alpha value is -3.83. The zero-order valence-electron chi connectivity index (χ0n) is 19.6. The lowest BCUT2D eigenvalue weighted by Gasteiger charge is -2.23. The first-order chi connectivity index (χ1) is 17.1. The minimum atomic E-state index is -3.75. The second-order valence-electron chi connectivity index (χ2n) is 7.66. The van der Waals surface area contributed by atoms with Gasteiger partial charge in [-0.05, 0) is 66.6 Å². The third-order valence-corrected chi connectivity index (χ3v) is 6.42. The molecule has 36 heavy (non-hydrogen) atoms. The number of hydrazone groups is 1. The van der Waals surface area contributed by atoms with Crippen molar-refractivity contribution in [3.8, 4) is 5.75 Å². The molecule has 190 valence electrons. The number of rotatable bonds is 11. The first kappa shape index (κ1) is 26.8. The number of hydrogen-bond donors (Lipinski definition) is 2. The third-order valence-electron chi connectivity index (χ3n) is 4.89. The molecule has 0 bridgehead atoms. The average molecular weight is 533 g/mol. The van der Waals surface area contributed by atoms with Crippen molar-refractivity contribution in [2.45, 2.75) is 13.5 Å². The summed E-state index contributed by atoms with van der Waals surface area (Å²) in [4.78, 5) is 24.2. The minimum absolute atomic E-state index is 0.160. The summed E-state index contributed by atoms with van der Waals surface area (Å²) in [6.45, 7) is 1.32. The summed E-state index contributed by atoms with van der Waals surface area (Å²) < 4.78 is 36.1. The number of anilines is 1. The van der Waals surface area contributed by atoms with Crippen LogP contribution in [-0.2, 0) is 26.2 Å². The highest BCUT2D eigenvalue weighted by Gasteiger charge is 2.23. The van der Waals surface area contributed by atoms with Crippen molar-refractivity contribution in [2.24, 2.45) is 5.10 Å². The molecule has 0 aliphatic rings. The fraction of sp³-hybridized carbons (Fsp3) is 0.208. The van der Waals surface area contributed by atoms with Gasteiger partial charge in [0.05, 0.1) is 31.0 Å². The molecule has 0 spiro atoms. The predicted molar refractivity (Wildman–Crippen MR) is 137 cm³/mol. The first-order valence-corrected chi connectivity index (χ1v) is 12.9. The van der Waals surface area contributed by atoms with Crippen LogP contribution < -0.4 is 19.8 Å². The number of ether oxygens (including phenoxy) is 1. The SMILES string of the molecule is Cc1c(Cl)cccc1N(CC(=O)N/N=C\c1ccc(OCC(=O)NCc2ccco2)cc1)S(C)(=O)=O. The average Bonchev–Trinajstić information content (AvgIpc) is 3.36. The number of sulfonamides is 1. The third kappa shape index (κ3) is 7.85. The zero-order chi connectivity index (χ0) is 26.1. The van der Waals surface area contributed by atoms with Gasteiger partial charge in [-0.1, -0.05) is 17.7 Å². The van der Waals surface area contributed by atoms with Crippen molar-refractivity contribution in [3.05, 3.63) is 82.8 Å². The van der Waals surface area contributed by atoms with E-state index in [9.17, 15) is 18.0 Å². The molecule has 3 rings (SSSR count). The van der Waals surface area contributed by atoms with E-state index in [1.165, 1.54) is 12.5 Å². The van der Waals surface area contributed by atoms with Gasteiger partial charge in [0.25, 0.3) is 11.8 Å². The van der Waals surface area contributed by atoms with Crippen molar-refractivity contribution in [1.29, 1.82) is 0 Å². The first-order valence-electron chi connectivity index (χ1n) is 10.7. The van der Waals surface area contributed by atoms with Gasteiger partial charge in [-0.25, -0.2) is 13.8 Å². The maximum Gasteiger partial charge on any atom is 0.260 e. The van der Waals surface area contributed by atoms with Crippen LogP contribution in [0, 0.1) is 6.92 Å². The van der Waals surface area contributed by atoms with Crippen LogP contribution in [0.25, 0.3) is 0 Å². The number of amides is 2. The van der Waals surface area contributed by atoms with Crippen LogP contribution in [0.3, 0.4) is 0 Å². The number of benzene rings is 2.